The highest BCUT2D eigenvalue weighted by Gasteiger charge is 2.34. The Morgan fingerprint density at radius 3 is 1.29 bits per heavy atom. The Hall–Kier alpha value is -8.38. The van der Waals surface area contributed by atoms with E-state index in [9.17, 15) is 28.8 Å². The molecule has 3 fully saturated rings. The number of rotatable bonds is 25. The van der Waals surface area contributed by atoms with Gasteiger partial charge in [0.2, 0.25) is 0 Å². The molecule has 0 radical (unpaired) electrons. The first kappa shape index (κ1) is 75.3. The van der Waals surface area contributed by atoms with Crippen LogP contribution in [0.4, 0.5) is 17.1 Å². The number of carbonyl (C=O) groups excluding carboxylic acids is 3. The summed E-state index contributed by atoms with van der Waals surface area (Å²) in [6.45, 7) is 19.6. The first-order chi connectivity index (χ1) is 49.9. The Morgan fingerprint density at radius 1 is 0.442 bits per heavy atom. The topological polar surface area (TPSA) is 231 Å². The van der Waals surface area contributed by atoms with Gasteiger partial charge in [0.05, 0.1) is 28.8 Å². The molecule has 104 heavy (non-hydrogen) atoms. The van der Waals surface area contributed by atoms with Crippen molar-refractivity contribution in [2.75, 3.05) is 62.5 Å². The molecule has 22 nitrogen and oxygen atoms in total. The van der Waals surface area contributed by atoms with Gasteiger partial charge in [0.15, 0.2) is 5.65 Å². The van der Waals surface area contributed by atoms with Crippen molar-refractivity contribution >= 4 is 86.3 Å². The Labute approximate surface area is 623 Å². The van der Waals surface area contributed by atoms with Gasteiger partial charge in [-0.15, -0.1) is 0 Å². The molecule has 6 heterocycles. The fourth-order valence-corrected chi connectivity index (χ4v) is 17.8. The number of nitrogens with one attached hydrogen (secondary N) is 6. The molecule has 9 aromatic rings. The average Bonchev–Trinajstić information content (AvgIpc) is 1.70. The summed E-state index contributed by atoms with van der Waals surface area (Å²) in [5.74, 6) is -0.921. The van der Waals surface area contributed by atoms with Gasteiger partial charge in [0.25, 0.3) is 34.4 Å². The minimum atomic E-state index is -0.325. The maximum Gasteiger partial charge on any atom is 0.277 e. The third-order valence-corrected chi connectivity index (χ3v) is 23.8. The Morgan fingerprint density at radius 2 is 0.827 bits per heavy atom. The van der Waals surface area contributed by atoms with Crippen molar-refractivity contribution in [2.24, 2.45) is 0 Å². The number of anilines is 3. The normalized spacial score (nSPS) is 18.7. The summed E-state index contributed by atoms with van der Waals surface area (Å²) in [5.41, 5.74) is 12.8. The predicted octanol–water partition coefficient (Wildman–Crippen LogP) is 12.4. The van der Waals surface area contributed by atoms with Gasteiger partial charge < -0.3 is 35.6 Å². The Balaban J connectivity index is 0.658. The first-order valence-corrected chi connectivity index (χ1v) is 38.1. The van der Waals surface area contributed by atoms with Crippen molar-refractivity contribution in [3.05, 3.63) is 198 Å². The lowest BCUT2D eigenvalue weighted by atomic mass is 9.88. The maximum atomic E-state index is 14.5. The molecule has 6 aromatic heterocycles. The van der Waals surface area contributed by atoms with E-state index < -0.39 is 0 Å². The maximum absolute atomic E-state index is 14.5. The molecule has 0 spiro atoms. The molecule has 6 N–H and O–H groups in total. The van der Waals surface area contributed by atoms with Gasteiger partial charge in [-0.2, -0.15) is 0 Å². The lowest BCUT2D eigenvalue weighted by molar-refractivity contribution is 0.0942. The van der Waals surface area contributed by atoms with Crippen LogP contribution in [0.5, 0.6) is 0 Å². The van der Waals surface area contributed by atoms with Gasteiger partial charge in [-0.05, 0) is 249 Å². The Kier molecular flexibility index (Phi) is 23.3. The van der Waals surface area contributed by atoms with Crippen LogP contribution in [0.25, 0.3) is 16.7 Å². The number of aromatic nitrogens is 7. The summed E-state index contributed by atoms with van der Waals surface area (Å²) in [4.78, 5) is 103. The van der Waals surface area contributed by atoms with Crippen LogP contribution in [0.15, 0.2) is 93.6 Å². The molecule has 12 rings (SSSR count). The zero-order valence-corrected chi connectivity index (χ0v) is 64.4. The standard InChI is InChI=1S/C79H101Cl3N16O6/c1-13-93(59-22-16-56(17-23-59)90(9)10)71-39-54(81)36-63(48(71)6)75(100)84-42-65-46(4)67(69-29-32-87-97(69)78(65)103)45-92(12)58-20-26-61(27-21-58)95(15-3)70-38-53(80)35-62(47(70)5)74(99)83-41-51-34-52(68-28-31-86-96(68)77(51)102)44-91(11)57-18-24-60(25-19-57)94(14-2)72-40-55(82)37-64(49(72)7)76(101)85-43-66-50(8)89-73-30-33-88-98(73)79(66)104/h28-40,56-61,86-88H,13-27,41-45H2,1-12H3,(H,83,99)(H,84,100)(H,85,101). The number of aryl methyl sites for hydroxylation is 1. The molecular formula is C79H101Cl3N16O6. The van der Waals surface area contributed by atoms with Crippen LogP contribution in [0.1, 0.15) is 185 Å². The summed E-state index contributed by atoms with van der Waals surface area (Å²) in [6.07, 6.45) is 16.9. The SMILES string of the molecule is CCN(c1cc(Cl)cc(C(=O)NCc2c(C)nc3cc[nH]n3c2=O)c1C)C1CCC(N(C)Cc2cc(CNC(=O)c3cc(Cl)cc(N(CC)C4CCC(N(C)Cc5c(C)c(CNC(=O)c6cc(Cl)cc(N(CC)C7CCC(N(C)C)CC7)c6C)c(=O)n6[nH]ccc56)CC4)c3C)c(=O)n3[nH]ccc23)CC1. The van der Waals surface area contributed by atoms with Gasteiger partial charge in [0, 0.05) is 167 Å². The van der Waals surface area contributed by atoms with Gasteiger partial charge in [-0.25, -0.2) is 18.5 Å². The van der Waals surface area contributed by atoms with E-state index in [0.29, 0.717) is 98.1 Å². The highest BCUT2D eigenvalue weighted by atomic mass is 35.5. The molecule has 3 aliphatic carbocycles. The van der Waals surface area contributed by atoms with Crippen LogP contribution >= 0.6 is 34.8 Å². The number of amides is 3. The summed E-state index contributed by atoms with van der Waals surface area (Å²) >= 11 is 20.5. The quantitative estimate of drug-likeness (QED) is 0.0313. The van der Waals surface area contributed by atoms with E-state index in [-0.39, 0.29) is 78.2 Å². The van der Waals surface area contributed by atoms with E-state index in [0.717, 1.165) is 145 Å². The van der Waals surface area contributed by atoms with Crippen molar-refractivity contribution in [3.8, 4) is 0 Å². The highest BCUT2D eigenvalue weighted by Crippen LogP contribution is 2.39. The number of carbonyl (C=O) groups is 3. The van der Waals surface area contributed by atoms with E-state index in [1.165, 1.54) is 4.52 Å². The molecular weight excluding hydrogens is 1380 g/mol. The minimum absolute atomic E-state index is 0.00653. The average molecular weight is 1480 g/mol. The van der Waals surface area contributed by atoms with E-state index >= 15 is 0 Å². The molecule has 554 valence electrons. The van der Waals surface area contributed by atoms with Crippen LogP contribution < -0.4 is 47.3 Å². The molecule has 0 bridgehead atoms. The number of hydrogen-bond acceptors (Lipinski definition) is 13. The summed E-state index contributed by atoms with van der Waals surface area (Å²) < 4.78 is 4.50. The third kappa shape index (κ3) is 15.4. The van der Waals surface area contributed by atoms with E-state index in [1.807, 2.05) is 64.1 Å². The van der Waals surface area contributed by atoms with Crippen LogP contribution in [0.3, 0.4) is 0 Å². The second-order valence-electron chi connectivity index (χ2n) is 29.3. The van der Waals surface area contributed by atoms with Crippen molar-refractivity contribution in [3.63, 3.8) is 0 Å². The fraction of sp³-hybridized carbons (Fsp3) is 0.481. The number of benzene rings is 3. The van der Waals surface area contributed by atoms with Crippen LogP contribution in [0, 0.1) is 34.6 Å². The van der Waals surface area contributed by atoms with Crippen LogP contribution in [-0.2, 0) is 32.7 Å². The third-order valence-electron chi connectivity index (χ3n) is 23.2. The minimum Gasteiger partial charge on any atom is -0.369 e. The molecule has 3 saturated carbocycles. The smallest absolute Gasteiger partial charge is 0.277 e. The van der Waals surface area contributed by atoms with E-state index in [1.54, 1.807) is 58.8 Å². The molecule has 0 unspecified atom stereocenters. The van der Waals surface area contributed by atoms with E-state index in [2.05, 4.69) is 115 Å². The molecule has 3 aromatic carbocycles. The van der Waals surface area contributed by atoms with Crippen molar-refractivity contribution in [1.29, 1.82) is 0 Å². The molecule has 25 heteroatoms. The zero-order valence-electron chi connectivity index (χ0n) is 62.2. The molecule has 0 saturated heterocycles. The van der Waals surface area contributed by atoms with E-state index in [4.69, 9.17) is 34.8 Å². The number of pyridine rings is 2. The summed E-state index contributed by atoms with van der Waals surface area (Å²) in [7, 11) is 8.59. The number of aromatic amines is 3. The zero-order chi connectivity index (χ0) is 74.1. The number of halogens is 3. The monoisotopic (exact) mass is 1470 g/mol. The highest BCUT2D eigenvalue weighted by molar-refractivity contribution is 6.32. The first-order valence-electron chi connectivity index (χ1n) is 37.0. The van der Waals surface area contributed by atoms with Crippen LogP contribution in [0.2, 0.25) is 15.1 Å². The summed E-state index contributed by atoms with van der Waals surface area (Å²) in [6, 6.07) is 20.4. The second kappa shape index (κ2) is 32.1. The van der Waals surface area contributed by atoms with Gasteiger partial charge >= 0.3 is 0 Å². The number of fused-ring (bicyclic) bond motifs is 3. The lowest BCUT2D eigenvalue weighted by Gasteiger charge is -2.41. The molecule has 3 amide bonds. The molecule has 0 atom stereocenters. The summed E-state index contributed by atoms with van der Waals surface area (Å²) in [5, 5.41) is 19.7. The van der Waals surface area contributed by atoms with Gasteiger partial charge in [0.1, 0.15) is 0 Å². The second-order valence-corrected chi connectivity index (χ2v) is 30.6. The van der Waals surface area contributed by atoms with Gasteiger partial charge in [-0.1, -0.05) is 34.8 Å². The van der Waals surface area contributed by atoms with Crippen LogP contribution in [-0.4, -0.2) is 150 Å². The van der Waals surface area contributed by atoms with Gasteiger partial charge in [-0.3, -0.25) is 53.9 Å². The molecule has 0 aliphatic heterocycles. The number of nitrogens with zero attached hydrogens (tertiary/aromatic N) is 10. The van der Waals surface area contributed by atoms with Crippen molar-refractivity contribution < 1.29 is 14.4 Å². The fourth-order valence-electron chi connectivity index (χ4n) is 17.2. The lowest BCUT2D eigenvalue weighted by Crippen LogP contribution is -2.43. The molecule has 3 aliphatic rings. The number of H-pyrrole nitrogens is 3. The largest absolute Gasteiger partial charge is 0.369 e. The van der Waals surface area contributed by atoms with Crippen molar-refractivity contribution in [2.45, 2.75) is 201 Å². The van der Waals surface area contributed by atoms with Crippen molar-refractivity contribution in [1.82, 2.24) is 64.5 Å². The number of hydrogen-bond donors (Lipinski definition) is 6. The Bertz CT molecular complexity index is 4850. The predicted molar refractivity (Wildman–Crippen MR) is 417 cm³/mol.